The van der Waals surface area contributed by atoms with Gasteiger partial charge in [0.2, 0.25) is 0 Å². The molecule has 0 atom stereocenters. The zero-order valence-corrected chi connectivity index (χ0v) is 15.2. The number of esters is 1. The Bertz CT molecular complexity index is 823. The van der Waals surface area contributed by atoms with Crippen LogP contribution in [-0.2, 0) is 9.47 Å². The number of anilines is 1. The SMILES string of the molecule is CC(C)(C)OC(=O)Nc1ccc(C(=O)OCC(=O)c2ccc(F)cc2)cc1. The maximum atomic E-state index is 12.8. The van der Waals surface area contributed by atoms with Gasteiger partial charge in [0, 0.05) is 11.3 Å². The van der Waals surface area contributed by atoms with Gasteiger partial charge in [-0.15, -0.1) is 0 Å². The van der Waals surface area contributed by atoms with E-state index in [0.717, 1.165) is 12.1 Å². The summed E-state index contributed by atoms with van der Waals surface area (Å²) in [6.45, 7) is 4.79. The van der Waals surface area contributed by atoms with Crippen LogP contribution in [0.25, 0.3) is 0 Å². The van der Waals surface area contributed by atoms with Crippen molar-refractivity contribution in [2.45, 2.75) is 26.4 Å². The minimum Gasteiger partial charge on any atom is -0.454 e. The van der Waals surface area contributed by atoms with E-state index in [1.807, 2.05) is 0 Å². The first-order chi connectivity index (χ1) is 12.6. The van der Waals surface area contributed by atoms with Gasteiger partial charge in [-0.05, 0) is 69.3 Å². The second-order valence-corrected chi connectivity index (χ2v) is 6.71. The summed E-state index contributed by atoms with van der Waals surface area (Å²) in [6.07, 6.45) is -0.609. The van der Waals surface area contributed by atoms with Crippen LogP contribution >= 0.6 is 0 Å². The van der Waals surface area contributed by atoms with Crippen LogP contribution in [0, 0.1) is 5.82 Å². The lowest BCUT2D eigenvalue weighted by atomic mass is 10.1. The number of amides is 1. The van der Waals surface area contributed by atoms with E-state index in [2.05, 4.69) is 5.32 Å². The van der Waals surface area contributed by atoms with Crippen LogP contribution in [0.1, 0.15) is 41.5 Å². The molecule has 0 fully saturated rings. The molecule has 27 heavy (non-hydrogen) atoms. The first-order valence-corrected chi connectivity index (χ1v) is 8.20. The number of hydrogen-bond donors (Lipinski definition) is 1. The van der Waals surface area contributed by atoms with Crippen LogP contribution < -0.4 is 5.32 Å². The highest BCUT2D eigenvalue weighted by Gasteiger charge is 2.16. The Labute approximate surface area is 156 Å². The van der Waals surface area contributed by atoms with Gasteiger partial charge in [0.15, 0.2) is 12.4 Å². The van der Waals surface area contributed by atoms with E-state index in [0.29, 0.717) is 5.69 Å². The van der Waals surface area contributed by atoms with Gasteiger partial charge in [-0.3, -0.25) is 10.1 Å². The van der Waals surface area contributed by atoms with E-state index in [-0.39, 0.29) is 11.1 Å². The average molecular weight is 373 g/mol. The van der Waals surface area contributed by atoms with Crippen molar-refractivity contribution in [1.82, 2.24) is 0 Å². The monoisotopic (exact) mass is 373 g/mol. The number of nitrogens with one attached hydrogen (secondary N) is 1. The molecule has 0 saturated heterocycles. The van der Waals surface area contributed by atoms with Crippen molar-refractivity contribution >= 4 is 23.5 Å². The summed E-state index contributed by atoms with van der Waals surface area (Å²) >= 11 is 0. The number of Topliss-reactive ketones (excluding diaryl/α,β-unsaturated/α-hetero) is 1. The molecule has 2 aromatic carbocycles. The Morgan fingerprint density at radius 1 is 0.926 bits per heavy atom. The molecular formula is C20H20FNO5. The maximum absolute atomic E-state index is 12.8. The summed E-state index contributed by atoms with van der Waals surface area (Å²) < 4.78 is 22.9. The van der Waals surface area contributed by atoms with Gasteiger partial charge in [0.25, 0.3) is 0 Å². The second-order valence-electron chi connectivity index (χ2n) is 6.71. The van der Waals surface area contributed by atoms with Crippen molar-refractivity contribution in [1.29, 1.82) is 0 Å². The van der Waals surface area contributed by atoms with Crippen molar-refractivity contribution in [2.75, 3.05) is 11.9 Å². The fourth-order valence-electron chi connectivity index (χ4n) is 2.04. The molecule has 6 nitrogen and oxygen atoms in total. The van der Waals surface area contributed by atoms with Crippen LogP contribution in [0.3, 0.4) is 0 Å². The van der Waals surface area contributed by atoms with Crippen molar-refractivity contribution in [3.05, 3.63) is 65.5 Å². The van der Waals surface area contributed by atoms with Gasteiger partial charge in [-0.1, -0.05) is 0 Å². The topological polar surface area (TPSA) is 81.7 Å². The lowest BCUT2D eigenvalue weighted by Crippen LogP contribution is -2.27. The first-order valence-electron chi connectivity index (χ1n) is 8.20. The molecule has 0 bridgehead atoms. The molecule has 2 rings (SSSR count). The molecule has 0 aliphatic rings. The van der Waals surface area contributed by atoms with Crippen LogP contribution in [0.5, 0.6) is 0 Å². The molecule has 2 aromatic rings. The molecule has 0 saturated carbocycles. The Kier molecular flexibility index (Phi) is 6.28. The van der Waals surface area contributed by atoms with Crippen molar-refractivity contribution in [3.63, 3.8) is 0 Å². The Morgan fingerprint density at radius 2 is 1.48 bits per heavy atom. The summed E-state index contributed by atoms with van der Waals surface area (Å²) in [4.78, 5) is 35.6. The van der Waals surface area contributed by atoms with Crippen molar-refractivity contribution in [2.24, 2.45) is 0 Å². The lowest BCUT2D eigenvalue weighted by Gasteiger charge is -2.19. The molecule has 142 valence electrons. The maximum Gasteiger partial charge on any atom is 0.412 e. The van der Waals surface area contributed by atoms with Crippen LogP contribution in [0.4, 0.5) is 14.9 Å². The van der Waals surface area contributed by atoms with Gasteiger partial charge in [-0.2, -0.15) is 0 Å². The normalized spacial score (nSPS) is 10.8. The molecule has 0 radical (unpaired) electrons. The van der Waals surface area contributed by atoms with E-state index in [4.69, 9.17) is 9.47 Å². The highest BCUT2D eigenvalue weighted by molar-refractivity contribution is 5.99. The van der Waals surface area contributed by atoms with Gasteiger partial charge >= 0.3 is 12.1 Å². The number of benzene rings is 2. The highest BCUT2D eigenvalue weighted by Crippen LogP contribution is 2.14. The summed E-state index contributed by atoms with van der Waals surface area (Å²) in [5.41, 5.74) is 0.297. The first kappa shape index (κ1) is 20.1. The lowest BCUT2D eigenvalue weighted by molar-refractivity contribution is 0.0474. The fourth-order valence-corrected chi connectivity index (χ4v) is 2.04. The quantitative estimate of drug-likeness (QED) is 0.627. The number of ketones is 1. The molecule has 0 spiro atoms. The van der Waals surface area contributed by atoms with Crippen LogP contribution in [0.15, 0.2) is 48.5 Å². The van der Waals surface area contributed by atoms with Crippen molar-refractivity contribution < 1.29 is 28.2 Å². The van der Waals surface area contributed by atoms with E-state index in [9.17, 15) is 18.8 Å². The van der Waals surface area contributed by atoms with Gasteiger partial charge < -0.3 is 9.47 Å². The Morgan fingerprint density at radius 3 is 2.04 bits per heavy atom. The van der Waals surface area contributed by atoms with Crippen LogP contribution in [-0.4, -0.2) is 30.1 Å². The molecule has 0 heterocycles. The third kappa shape index (κ3) is 6.54. The minimum absolute atomic E-state index is 0.219. The minimum atomic E-state index is -0.686. The molecule has 7 heteroatoms. The van der Waals surface area contributed by atoms with E-state index in [1.165, 1.54) is 36.4 Å². The zero-order chi connectivity index (χ0) is 20.0. The van der Waals surface area contributed by atoms with E-state index in [1.54, 1.807) is 20.8 Å². The molecular weight excluding hydrogens is 353 g/mol. The third-order valence-electron chi connectivity index (χ3n) is 3.27. The smallest absolute Gasteiger partial charge is 0.412 e. The van der Waals surface area contributed by atoms with Crippen LogP contribution in [0.2, 0.25) is 0 Å². The van der Waals surface area contributed by atoms with E-state index >= 15 is 0 Å². The molecule has 0 aromatic heterocycles. The summed E-state index contributed by atoms with van der Waals surface area (Å²) in [7, 11) is 0. The summed E-state index contributed by atoms with van der Waals surface area (Å²) in [6, 6.07) is 10.9. The standard InChI is InChI=1S/C20H20FNO5/c1-20(2,3)27-19(25)22-16-10-6-14(7-11-16)18(24)26-12-17(23)13-4-8-15(21)9-5-13/h4-11H,12H2,1-3H3,(H,22,25). The zero-order valence-electron chi connectivity index (χ0n) is 15.2. The number of hydrogen-bond acceptors (Lipinski definition) is 5. The van der Waals surface area contributed by atoms with Gasteiger partial charge in [-0.25, -0.2) is 14.0 Å². The summed E-state index contributed by atoms with van der Waals surface area (Å²) in [5, 5.41) is 2.54. The highest BCUT2D eigenvalue weighted by atomic mass is 19.1. The summed E-state index contributed by atoms with van der Waals surface area (Å²) in [5.74, 6) is -1.58. The Balaban J connectivity index is 1.88. The Hall–Kier alpha value is -3.22. The third-order valence-corrected chi connectivity index (χ3v) is 3.27. The van der Waals surface area contributed by atoms with Crippen molar-refractivity contribution in [3.8, 4) is 0 Å². The molecule has 1 amide bonds. The number of halogens is 1. The number of carbonyl (C=O) groups excluding carboxylic acids is 3. The van der Waals surface area contributed by atoms with Gasteiger partial charge in [0.05, 0.1) is 5.56 Å². The predicted octanol–water partition coefficient (Wildman–Crippen LogP) is 4.21. The number of rotatable bonds is 5. The number of carbonyl (C=O) groups is 3. The largest absolute Gasteiger partial charge is 0.454 e. The van der Waals surface area contributed by atoms with E-state index < -0.39 is 35.9 Å². The fraction of sp³-hybridized carbons (Fsp3) is 0.250. The predicted molar refractivity (Wildman–Crippen MR) is 97.3 cm³/mol. The molecule has 0 aliphatic carbocycles. The van der Waals surface area contributed by atoms with Gasteiger partial charge in [0.1, 0.15) is 11.4 Å². The molecule has 0 unspecified atom stereocenters. The molecule has 0 aliphatic heterocycles. The number of ether oxygens (including phenoxy) is 2. The average Bonchev–Trinajstić information content (AvgIpc) is 2.59. The molecule has 1 N–H and O–H groups in total. The second kappa shape index (κ2) is 8.44.